The predicted molar refractivity (Wildman–Crippen MR) is 87.8 cm³/mol. The van der Waals surface area contributed by atoms with Gasteiger partial charge >= 0.3 is 0 Å². The zero-order chi connectivity index (χ0) is 17.3. The van der Waals surface area contributed by atoms with E-state index in [1.54, 1.807) is 7.05 Å². The molecule has 124 valence electrons. The Kier molecular flexibility index (Phi) is 4.61. The lowest BCUT2D eigenvalue weighted by Gasteiger charge is -2.20. The van der Waals surface area contributed by atoms with Crippen molar-refractivity contribution in [3.8, 4) is 17.1 Å². The number of aromatic nitrogens is 5. The van der Waals surface area contributed by atoms with E-state index in [4.69, 9.17) is 28.0 Å². The van der Waals surface area contributed by atoms with E-state index in [0.717, 1.165) is 0 Å². The van der Waals surface area contributed by atoms with Gasteiger partial charge in [0.1, 0.15) is 23.6 Å². The summed E-state index contributed by atoms with van der Waals surface area (Å²) in [6.45, 7) is 0. The number of anilines is 1. The Labute approximate surface area is 146 Å². The third-order valence-corrected chi connectivity index (χ3v) is 3.82. The van der Waals surface area contributed by atoms with Crippen molar-refractivity contribution in [2.75, 3.05) is 19.2 Å². The van der Waals surface area contributed by atoms with Crippen LogP contribution < -0.4 is 5.06 Å². The molecule has 0 saturated heterocycles. The average Bonchev–Trinajstić information content (AvgIpc) is 3.09. The van der Waals surface area contributed by atoms with E-state index in [1.165, 1.54) is 47.7 Å². The monoisotopic (exact) mass is 368 g/mol. The van der Waals surface area contributed by atoms with Crippen LogP contribution in [0.3, 0.4) is 0 Å². The van der Waals surface area contributed by atoms with Crippen LogP contribution in [0.15, 0.2) is 30.9 Å². The van der Waals surface area contributed by atoms with Gasteiger partial charge in [0, 0.05) is 12.6 Å². The molecule has 3 rings (SSSR count). The SMILES string of the molecule is CON(C)c1nc(-n2cncn2)nc(Cl)c1-c1ccc(F)cc1Cl. The Hall–Kier alpha value is -2.29. The Morgan fingerprint density at radius 3 is 2.67 bits per heavy atom. The fourth-order valence-electron chi connectivity index (χ4n) is 2.06. The molecular weight excluding hydrogens is 358 g/mol. The van der Waals surface area contributed by atoms with Gasteiger partial charge in [0.05, 0.1) is 17.7 Å². The molecule has 0 unspecified atom stereocenters. The van der Waals surface area contributed by atoms with E-state index in [0.29, 0.717) is 16.9 Å². The fourth-order valence-corrected chi connectivity index (χ4v) is 2.59. The number of rotatable bonds is 4. The molecule has 0 radical (unpaired) electrons. The Morgan fingerprint density at radius 1 is 1.25 bits per heavy atom. The van der Waals surface area contributed by atoms with Crippen molar-refractivity contribution in [2.24, 2.45) is 0 Å². The fraction of sp³-hybridized carbons (Fsp3) is 0.143. The molecule has 1 aromatic carbocycles. The summed E-state index contributed by atoms with van der Waals surface area (Å²) in [5.74, 6) is 0.0940. The maximum absolute atomic E-state index is 13.3. The molecule has 0 bridgehead atoms. The Bertz CT molecular complexity index is 874. The second-order valence-electron chi connectivity index (χ2n) is 4.66. The number of benzene rings is 1. The highest BCUT2D eigenvalue weighted by Gasteiger charge is 2.21. The van der Waals surface area contributed by atoms with Crippen molar-refractivity contribution in [2.45, 2.75) is 0 Å². The molecule has 0 aliphatic heterocycles. The van der Waals surface area contributed by atoms with Crippen molar-refractivity contribution < 1.29 is 9.23 Å². The minimum absolute atomic E-state index is 0.114. The van der Waals surface area contributed by atoms with Gasteiger partial charge in [-0.2, -0.15) is 19.7 Å². The Morgan fingerprint density at radius 2 is 2.04 bits per heavy atom. The van der Waals surface area contributed by atoms with Crippen molar-refractivity contribution in [1.29, 1.82) is 0 Å². The zero-order valence-electron chi connectivity index (χ0n) is 12.6. The minimum Gasteiger partial charge on any atom is -0.276 e. The number of hydroxylamine groups is 1. The summed E-state index contributed by atoms with van der Waals surface area (Å²) in [5.41, 5.74) is 0.891. The standard InChI is InChI=1S/C14H11Cl2FN6O/c1-22(24-2)13-11(9-4-3-8(17)5-10(9)15)12(16)20-14(21-13)23-7-18-6-19-23/h3-7H,1-2H3. The average molecular weight is 369 g/mol. The minimum atomic E-state index is -0.457. The van der Waals surface area contributed by atoms with E-state index in [2.05, 4.69) is 20.1 Å². The van der Waals surface area contributed by atoms with Gasteiger partial charge in [0.25, 0.3) is 5.95 Å². The van der Waals surface area contributed by atoms with Gasteiger partial charge in [-0.25, -0.2) is 14.4 Å². The molecule has 0 amide bonds. The summed E-state index contributed by atoms with van der Waals surface area (Å²) in [4.78, 5) is 17.7. The van der Waals surface area contributed by atoms with Crippen LogP contribution in [0.25, 0.3) is 17.1 Å². The summed E-state index contributed by atoms with van der Waals surface area (Å²) < 4.78 is 14.7. The molecule has 0 aliphatic carbocycles. The van der Waals surface area contributed by atoms with Crippen LogP contribution >= 0.6 is 23.2 Å². The number of hydrogen-bond acceptors (Lipinski definition) is 6. The topological polar surface area (TPSA) is 69.0 Å². The van der Waals surface area contributed by atoms with Crippen LogP contribution in [0.5, 0.6) is 0 Å². The van der Waals surface area contributed by atoms with Crippen LogP contribution in [0.1, 0.15) is 0 Å². The first-order valence-corrected chi connectivity index (χ1v) is 7.42. The number of hydrogen-bond donors (Lipinski definition) is 0. The first kappa shape index (κ1) is 16.6. The van der Waals surface area contributed by atoms with Crippen LogP contribution in [0.4, 0.5) is 10.2 Å². The van der Waals surface area contributed by atoms with E-state index in [9.17, 15) is 4.39 Å². The Balaban J connectivity index is 2.25. The summed E-state index contributed by atoms with van der Waals surface area (Å²) in [5, 5.41) is 5.66. The molecular formula is C14H11Cl2FN6O. The van der Waals surface area contributed by atoms with Gasteiger partial charge in [-0.05, 0) is 18.2 Å². The van der Waals surface area contributed by atoms with Gasteiger partial charge in [-0.1, -0.05) is 23.2 Å². The van der Waals surface area contributed by atoms with E-state index in [-0.39, 0.29) is 16.1 Å². The first-order chi connectivity index (χ1) is 11.5. The van der Waals surface area contributed by atoms with Gasteiger partial charge < -0.3 is 0 Å². The van der Waals surface area contributed by atoms with Gasteiger partial charge in [0.2, 0.25) is 0 Å². The molecule has 2 heterocycles. The van der Waals surface area contributed by atoms with Crippen LogP contribution in [0.2, 0.25) is 10.2 Å². The maximum Gasteiger partial charge on any atom is 0.255 e. The van der Waals surface area contributed by atoms with E-state index >= 15 is 0 Å². The second kappa shape index (κ2) is 6.68. The summed E-state index contributed by atoms with van der Waals surface area (Å²) in [6, 6.07) is 3.97. The lowest BCUT2D eigenvalue weighted by Crippen LogP contribution is -2.19. The molecule has 0 spiro atoms. The van der Waals surface area contributed by atoms with Crippen molar-refractivity contribution >= 4 is 29.0 Å². The lowest BCUT2D eigenvalue weighted by molar-refractivity contribution is 0.182. The quantitative estimate of drug-likeness (QED) is 0.520. The van der Waals surface area contributed by atoms with Crippen molar-refractivity contribution in [1.82, 2.24) is 24.7 Å². The molecule has 3 aromatic rings. The van der Waals surface area contributed by atoms with E-state index in [1.807, 2.05) is 0 Å². The first-order valence-electron chi connectivity index (χ1n) is 6.67. The normalized spacial score (nSPS) is 10.9. The number of halogens is 3. The van der Waals surface area contributed by atoms with Crippen LogP contribution in [-0.2, 0) is 4.84 Å². The third kappa shape index (κ3) is 3.03. The third-order valence-electron chi connectivity index (χ3n) is 3.23. The summed E-state index contributed by atoms with van der Waals surface area (Å²) >= 11 is 12.5. The van der Waals surface area contributed by atoms with Crippen LogP contribution in [0, 0.1) is 5.82 Å². The molecule has 0 atom stereocenters. The van der Waals surface area contributed by atoms with Crippen LogP contribution in [-0.4, -0.2) is 38.9 Å². The molecule has 2 aromatic heterocycles. The highest BCUT2D eigenvalue weighted by Crippen LogP contribution is 2.38. The van der Waals surface area contributed by atoms with Gasteiger partial charge in [-0.15, -0.1) is 0 Å². The van der Waals surface area contributed by atoms with Gasteiger partial charge in [-0.3, -0.25) is 4.84 Å². The molecule has 7 nitrogen and oxygen atoms in total. The lowest BCUT2D eigenvalue weighted by atomic mass is 10.1. The smallest absolute Gasteiger partial charge is 0.255 e. The molecule has 0 saturated carbocycles. The van der Waals surface area contributed by atoms with Crippen molar-refractivity contribution in [3.05, 3.63) is 46.8 Å². The second-order valence-corrected chi connectivity index (χ2v) is 5.42. The largest absolute Gasteiger partial charge is 0.276 e. The molecule has 0 N–H and O–H groups in total. The highest BCUT2D eigenvalue weighted by molar-refractivity contribution is 6.36. The summed E-state index contributed by atoms with van der Waals surface area (Å²) in [7, 11) is 3.12. The van der Waals surface area contributed by atoms with Crippen molar-refractivity contribution in [3.63, 3.8) is 0 Å². The number of nitrogens with zero attached hydrogens (tertiary/aromatic N) is 6. The van der Waals surface area contributed by atoms with Gasteiger partial charge in [0.15, 0.2) is 5.82 Å². The molecule has 10 heteroatoms. The zero-order valence-corrected chi connectivity index (χ0v) is 14.1. The van der Waals surface area contributed by atoms with E-state index < -0.39 is 5.82 Å². The molecule has 0 fully saturated rings. The molecule has 0 aliphatic rings. The predicted octanol–water partition coefficient (Wildman–Crippen LogP) is 3.17. The summed E-state index contributed by atoms with van der Waals surface area (Å²) in [6.07, 6.45) is 2.79. The molecule has 24 heavy (non-hydrogen) atoms. The highest BCUT2D eigenvalue weighted by atomic mass is 35.5. The maximum atomic E-state index is 13.3.